The molecule has 0 spiro atoms. The molecule has 1 amide bonds. The van der Waals surface area contributed by atoms with Gasteiger partial charge in [0.25, 0.3) is 5.56 Å². The van der Waals surface area contributed by atoms with Crippen LogP contribution in [-0.2, 0) is 11.2 Å². The van der Waals surface area contributed by atoms with Crippen LogP contribution in [0.5, 0.6) is 0 Å². The quantitative estimate of drug-likeness (QED) is 0.349. The number of rotatable bonds is 7. The molecule has 0 aliphatic heterocycles. The Kier molecular flexibility index (Phi) is 6.27. The fourth-order valence-corrected chi connectivity index (χ4v) is 3.99. The predicted octanol–water partition coefficient (Wildman–Crippen LogP) is 1.88. The van der Waals surface area contributed by atoms with E-state index in [0.717, 1.165) is 16.8 Å². The van der Waals surface area contributed by atoms with Gasteiger partial charge >= 0.3 is 5.69 Å². The second kappa shape index (κ2) is 9.28. The number of nitrogens with one attached hydrogen (secondary N) is 3. The fraction of sp³-hybridized carbons (Fsp3) is 0.238. The first kappa shape index (κ1) is 22.3. The van der Waals surface area contributed by atoms with Crippen molar-refractivity contribution < 1.29 is 9.32 Å². The molecule has 0 aliphatic rings. The van der Waals surface area contributed by atoms with Gasteiger partial charge in [0.1, 0.15) is 11.6 Å². The van der Waals surface area contributed by atoms with Crippen LogP contribution in [0.25, 0.3) is 5.69 Å². The molecule has 170 valence electrons. The molecule has 0 saturated heterocycles. The number of carbonyl (C=O) groups excluding carboxylic acids is 1. The van der Waals surface area contributed by atoms with Crippen LogP contribution < -0.4 is 16.6 Å². The molecule has 0 radical (unpaired) electrons. The first-order valence-corrected chi connectivity index (χ1v) is 11.0. The van der Waals surface area contributed by atoms with E-state index in [1.54, 1.807) is 13.0 Å². The lowest BCUT2D eigenvalue weighted by Crippen LogP contribution is -2.23. The van der Waals surface area contributed by atoms with E-state index >= 15 is 0 Å². The number of anilines is 1. The van der Waals surface area contributed by atoms with E-state index in [2.05, 4.69) is 30.6 Å². The van der Waals surface area contributed by atoms with Crippen LogP contribution in [0, 0.1) is 20.8 Å². The molecule has 4 aromatic rings. The smallest absolute Gasteiger partial charge is 0.325 e. The normalized spacial score (nSPS) is 11.0. The number of nitrogens with zero attached hydrogens (tertiary/aromatic N) is 4. The summed E-state index contributed by atoms with van der Waals surface area (Å²) in [7, 11) is 0. The number of hydrogen-bond acceptors (Lipinski definition) is 8. The van der Waals surface area contributed by atoms with Gasteiger partial charge in [-0.25, -0.2) is 4.79 Å². The number of amides is 1. The van der Waals surface area contributed by atoms with E-state index in [1.165, 1.54) is 17.8 Å². The molecule has 0 saturated carbocycles. The van der Waals surface area contributed by atoms with Crippen LogP contribution >= 0.6 is 11.8 Å². The van der Waals surface area contributed by atoms with Gasteiger partial charge in [0.2, 0.25) is 5.91 Å². The van der Waals surface area contributed by atoms with Gasteiger partial charge in [0.15, 0.2) is 11.0 Å². The molecule has 12 heteroatoms. The lowest BCUT2D eigenvalue weighted by Gasteiger charge is -2.13. The monoisotopic (exact) mass is 467 g/mol. The van der Waals surface area contributed by atoms with Crippen LogP contribution in [0.2, 0.25) is 0 Å². The van der Waals surface area contributed by atoms with Crippen molar-refractivity contribution >= 4 is 23.5 Å². The van der Waals surface area contributed by atoms with Crippen molar-refractivity contribution in [1.29, 1.82) is 0 Å². The first-order valence-electron chi connectivity index (χ1n) is 9.99. The van der Waals surface area contributed by atoms with E-state index in [9.17, 15) is 14.4 Å². The Morgan fingerprint density at radius 1 is 1.12 bits per heavy atom. The molecule has 3 heterocycles. The third kappa shape index (κ3) is 5.29. The van der Waals surface area contributed by atoms with E-state index in [0.29, 0.717) is 28.3 Å². The molecule has 0 fully saturated rings. The summed E-state index contributed by atoms with van der Waals surface area (Å²) < 4.78 is 6.79. The van der Waals surface area contributed by atoms with Gasteiger partial charge in [0.05, 0.1) is 11.4 Å². The van der Waals surface area contributed by atoms with Crippen LogP contribution in [0.4, 0.5) is 5.82 Å². The van der Waals surface area contributed by atoms with E-state index in [1.807, 2.05) is 36.6 Å². The molecule has 3 aromatic heterocycles. The minimum absolute atomic E-state index is 0.0662. The molecule has 0 atom stereocenters. The zero-order chi connectivity index (χ0) is 23.5. The molecular formula is C21H21N7O4S. The maximum Gasteiger partial charge on any atom is 0.325 e. The van der Waals surface area contributed by atoms with Gasteiger partial charge in [0, 0.05) is 24.2 Å². The summed E-state index contributed by atoms with van der Waals surface area (Å²) in [4.78, 5) is 40.5. The highest BCUT2D eigenvalue weighted by Crippen LogP contribution is 2.26. The van der Waals surface area contributed by atoms with Gasteiger partial charge < -0.3 is 14.8 Å². The van der Waals surface area contributed by atoms with Crippen LogP contribution in [0.15, 0.2) is 49.6 Å². The second-order valence-electron chi connectivity index (χ2n) is 7.47. The van der Waals surface area contributed by atoms with E-state index in [4.69, 9.17) is 4.52 Å². The van der Waals surface area contributed by atoms with Crippen LogP contribution in [-0.4, -0.2) is 41.5 Å². The maximum absolute atomic E-state index is 12.4. The Hall–Kier alpha value is -3.93. The number of aryl methyl sites for hydroxylation is 3. The van der Waals surface area contributed by atoms with Gasteiger partial charge in [-0.3, -0.25) is 19.1 Å². The van der Waals surface area contributed by atoms with Crippen molar-refractivity contribution in [3.05, 3.63) is 79.6 Å². The van der Waals surface area contributed by atoms with Gasteiger partial charge in [-0.05, 0) is 38.0 Å². The van der Waals surface area contributed by atoms with Crippen molar-refractivity contribution in [3.8, 4) is 5.69 Å². The summed E-state index contributed by atoms with van der Waals surface area (Å²) >= 11 is 1.21. The average Bonchev–Trinajstić information content (AvgIpc) is 3.33. The minimum Gasteiger partial charge on any atom is -0.360 e. The molecule has 11 nitrogen and oxygen atoms in total. The number of thioether (sulfide) groups is 1. The molecule has 4 rings (SSSR count). The average molecular weight is 468 g/mol. The molecule has 0 aliphatic carbocycles. The fourth-order valence-electron chi connectivity index (χ4n) is 3.23. The predicted molar refractivity (Wildman–Crippen MR) is 122 cm³/mol. The Labute approximate surface area is 191 Å². The van der Waals surface area contributed by atoms with Crippen LogP contribution in [0.3, 0.4) is 0 Å². The van der Waals surface area contributed by atoms with Crippen molar-refractivity contribution in [2.24, 2.45) is 0 Å². The third-order valence-electron chi connectivity index (χ3n) is 4.70. The maximum atomic E-state index is 12.4. The lowest BCUT2D eigenvalue weighted by atomic mass is 10.1. The number of carbonyl (C=O) groups is 1. The van der Waals surface area contributed by atoms with E-state index in [-0.39, 0.29) is 18.1 Å². The molecule has 0 bridgehead atoms. The Morgan fingerprint density at radius 3 is 2.67 bits per heavy atom. The number of aromatic nitrogens is 6. The van der Waals surface area contributed by atoms with Crippen LogP contribution in [0.1, 0.15) is 28.4 Å². The summed E-state index contributed by atoms with van der Waals surface area (Å²) in [5.41, 5.74) is 2.17. The van der Waals surface area contributed by atoms with E-state index < -0.39 is 11.2 Å². The van der Waals surface area contributed by atoms with Crippen molar-refractivity contribution in [2.75, 3.05) is 11.1 Å². The summed E-state index contributed by atoms with van der Waals surface area (Å²) in [5, 5.41) is 15.5. The molecule has 1 aromatic carbocycles. The van der Waals surface area contributed by atoms with Crippen molar-refractivity contribution in [2.45, 2.75) is 32.3 Å². The third-order valence-corrected chi connectivity index (χ3v) is 5.63. The summed E-state index contributed by atoms with van der Waals surface area (Å²) in [6.07, 6.45) is 0.171. The number of hydrogen-bond donors (Lipinski definition) is 3. The summed E-state index contributed by atoms with van der Waals surface area (Å²) in [5.74, 6) is 1.24. The second-order valence-corrected chi connectivity index (χ2v) is 8.42. The highest BCUT2D eigenvalue weighted by molar-refractivity contribution is 7.99. The molecule has 3 N–H and O–H groups in total. The minimum atomic E-state index is -0.593. The highest BCUT2D eigenvalue weighted by Gasteiger charge is 2.19. The number of benzene rings is 1. The lowest BCUT2D eigenvalue weighted by molar-refractivity contribution is -0.113. The van der Waals surface area contributed by atoms with Gasteiger partial charge in [-0.15, -0.1) is 10.2 Å². The summed E-state index contributed by atoms with van der Waals surface area (Å²) in [6.45, 7) is 5.67. The zero-order valence-electron chi connectivity index (χ0n) is 18.1. The topological polar surface area (TPSA) is 152 Å². The molecule has 33 heavy (non-hydrogen) atoms. The highest BCUT2D eigenvalue weighted by atomic mass is 32.2. The van der Waals surface area contributed by atoms with Crippen molar-refractivity contribution in [3.63, 3.8) is 0 Å². The van der Waals surface area contributed by atoms with Gasteiger partial charge in [-0.2, -0.15) is 0 Å². The SMILES string of the molecule is Cc1ccc(C)c(-n2c(Cc3cc(=O)[nH]c(=O)[nH]3)nnc2SCC(=O)Nc2cc(C)on2)c1. The number of aromatic amines is 2. The molecular weight excluding hydrogens is 446 g/mol. The Balaban J connectivity index is 1.65. The zero-order valence-corrected chi connectivity index (χ0v) is 18.9. The largest absolute Gasteiger partial charge is 0.360 e. The first-order chi connectivity index (χ1) is 15.8. The van der Waals surface area contributed by atoms with Crippen molar-refractivity contribution in [1.82, 2.24) is 29.9 Å². The number of H-pyrrole nitrogens is 2. The summed E-state index contributed by atoms with van der Waals surface area (Å²) in [6, 6.07) is 8.91. The van der Waals surface area contributed by atoms with Gasteiger partial charge in [-0.1, -0.05) is 29.1 Å². The molecule has 0 unspecified atom stereocenters. The standard InChI is InChI=1S/C21H21N7O4S/c1-11-4-5-12(2)15(6-11)28-17(8-14-9-18(29)24-20(31)22-14)25-26-21(28)33-10-19(30)23-16-7-13(3)32-27-16/h4-7,9H,8,10H2,1-3H3,(H,23,27,30)(H2,22,24,29,31). The Morgan fingerprint density at radius 2 is 1.94 bits per heavy atom. The Bertz CT molecular complexity index is 1400.